The van der Waals surface area contributed by atoms with E-state index in [0.29, 0.717) is 20.8 Å². The summed E-state index contributed by atoms with van der Waals surface area (Å²) in [5, 5.41) is 0. The van der Waals surface area contributed by atoms with Crippen molar-refractivity contribution < 1.29 is 40.3 Å². The molecule has 0 fully saturated rings. The lowest BCUT2D eigenvalue weighted by Gasteiger charge is -2.41. The van der Waals surface area contributed by atoms with E-state index in [-0.39, 0.29) is 0 Å². The molecule has 0 saturated heterocycles. The molecule has 0 spiro atoms. The maximum Gasteiger partial charge on any atom is 0.500 e. The molecule has 0 bridgehead atoms. The van der Waals surface area contributed by atoms with Crippen LogP contribution in [-0.4, -0.2) is 24.2 Å². The Kier molecular flexibility index (Phi) is 3.78. The van der Waals surface area contributed by atoms with E-state index in [2.05, 4.69) is 4.74 Å². The molecule has 9 heteroatoms. The standard InChI is InChI=1S/C8H9F7O2/c1-5(2,3)6(10,7(11,12)13)8(14,15)17-4(9)16/h1-3H3. The third-order valence-electron chi connectivity index (χ3n) is 2.03. The fourth-order valence-corrected chi connectivity index (χ4v) is 1.20. The minimum atomic E-state index is -6.05. The average molecular weight is 270 g/mol. The van der Waals surface area contributed by atoms with E-state index in [1.54, 1.807) is 0 Å². The zero-order valence-electron chi connectivity index (χ0n) is 8.96. The second kappa shape index (κ2) is 4.02. The summed E-state index contributed by atoms with van der Waals surface area (Å²) in [6, 6.07) is 0. The summed E-state index contributed by atoms with van der Waals surface area (Å²) in [7, 11) is 0. The van der Waals surface area contributed by atoms with Crippen molar-refractivity contribution in [2.24, 2.45) is 5.41 Å². The lowest BCUT2D eigenvalue weighted by Crippen LogP contribution is -2.64. The molecule has 0 aliphatic carbocycles. The number of hydrogen-bond donors (Lipinski definition) is 0. The first-order valence-electron chi connectivity index (χ1n) is 4.19. The lowest BCUT2D eigenvalue weighted by atomic mass is 9.76. The van der Waals surface area contributed by atoms with Crippen molar-refractivity contribution in [2.45, 2.75) is 38.7 Å². The fourth-order valence-electron chi connectivity index (χ4n) is 1.20. The van der Waals surface area contributed by atoms with Crippen molar-refractivity contribution >= 4 is 6.22 Å². The van der Waals surface area contributed by atoms with Crippen LogP contribution in [0.2, 0.25) is 0 Å². The van der Waals surface area contributed by atoms with Gasteiger partial charge >= 0.3 is 24.2 Å². The van der Waals surface area contributed by atoms with Gasteiger partial charge in [0.1, 0.15) is 0 Å². The van der Waals surface area contributed by atoms with E-state index < -0.39 is 29.6 Å². The van der Waals surface area contributed by atoms with Crippen LogP contribution in [0.4, 0.5) is 35.5 Å². The number of carbonyl (C=O) groups excluding carboxylic acids is 1. The summed E-state index contributed by atoms with van der Waals surface area (Å²) in [4.78, 5) is 9.66. The molecule has 102 valence electrons. The second-order valence-electron chi connectivity index (χ2n) is 4.26. The lowest BCUT2D eigenvalue weighted by molar-refractivity contribution is -0.392. The van der Waals surface area contributed by atoms with Crippen molar-refractivity contribution in [3.63, 3.8) is 0 Å². The quantitative estimate of drug-likeness (QED) is 0.560. The summed E-state index contributed by atoms with van der Waals surface area (Å²) < 4.78 is 90.8. The first-order chi connectivity index (χ1) is 7.17. The Balaban J connectivity index is 5.74. The third-order valence-corrected chi connectivity index (χ3v) is 2.03. The van der Waals surface area contributed by atoms with E-state index in [0.717, 1.165) is 0 Å². The minimum Gasteiger partial charge on any atom is -0.372 e. The molecule has 2 nitrogen and oxygen atoms in total. The molecule has 0 aromatic rings. The summed E-state index contributed by atoms with van der Waals surface area (Å²) in [6.45, 7) is 1.54. The smallest absolute Gasteiger partial charge is 0.372 e. The van der Waals surface area contributed by atoms with Crippen molar-refractivity contribution in [3.05, 3.63) is 0 Å². The predicted molar refractivity (Wildman–Crippen MR) is 41.9 cm³/mol. The number of ether oxygens (including phenoxy) is 1. The van der Waals surface area contributed by atoms with E-state index >= 15 is 0 Å². The van der Waals surface area contributed by atoms with Crippen LogP contribution in [0.3, 0.4) is 0 Å². The van der Waals surface area contributed by atoms with Gasteiger partial charge in [-0.05, 0) is 0 Å². The Bertz CT molecular complexity index is 288. The number of carbonyl (C=O) groups is 1. The molecule has 0 aromatic carbocycles. The molecular formula is C8H9F7O2. The molecule has 1 unspecified atom stereocenters. The SMILES string of the molecule is CC(C)(C)C(F)(C(F)(F)F)C(F)(F)OC(=O)F. The highest BCUT2D eigenvalue weighted by Crippen LogP contribution is 2.55. The summed E-state index contributed by atoms with van der Waals surface area (Å²) in [5.74, 6) is 0. The second-order valence-corrected chi connectivity index (χ2v) is 4.26. The molecule has 0 aliphatic heterocycles. The maximum atomic E-state index is 13.6. The average Bonchev–Trinajstić information content (AvgIpc) is 1.95. The molecule has 0 aromatic heterocycles. The molecule has 1 atom stereocenters. The zero-order valence-corrected chi connectivity index (χ0v) is 8.96. The highest BCUT2D eigenvalue weighted by Gasteiger charge is 2.78. The van der Waals surface area contributed by atoms with Crippen LogP contribution in [0, 0.1) is 5.41 Å². The van der Waals surface area contributed by atoms with Crippen LogP contribution in [-0.2, 0) is 4.74 Å². The molecule has 0 N–H and O–H groups in total. The Labute approximate surface area is 91.7 Å². The van der Waals surface area contributed by atoms with Gasteiger partial charge in [0.2, 0.25) is 0 Å². The fraction of sp³-hybridized carbons (Fsp3) is 0.875. The number of rotatable bonds is 2. The van der Waals surface area contributed by atoms with Crippen LogP contribution in [0.1, 0.15) is 20.8 Å². The minimum absolute atomic E-state index is 0.514. The van der Waals surface area contributed by atoms with E-state index in [4.69, 9.17) is 0 Å². The van der Waals surface area contributed by atoms with Crippen molar-refractivity contribution in [1.82, 2.24) is 0 Å². The van der Waals surface area contributed by atoms with Gasteiger partial charge in [-0.1, -0.05) is 20.8 Å². The van der Waals surface area contributed by atoms with Gasteiger partial charge in [0, 0.05) is 5.41 Å². The Morgan fingerprint density at radius 1 is 0.941 bits per heavy atom. The van der Waals surface area contributed by atoms with Gasteiger partial charge in [-0.3, -0.25) is 0 Å². The van der Waals surface area contributed by atoms with Crippen molar-refractivity contribution in [2.75, 3.05) is 0 Å². The molecule has 0 saturated carbocycles. The normalized spacial score (nSPS) is 17.5. The van der Waals surface area contributed by atoms with Gasteiger partial charge in [-0.2, -0.15) is 22.0 Å². The van der Waals surface area contributed by atoms with E-state index in [1.807, 2.05) is 0 Å². The van der Waals surface area contributed by atoms with Crippen LogP contribution in [0.15, 0.2) is 0 Å². The summed E-state index contributed by atoms with van der Waals surface area (Å²) in [5.41, 5.74) is -7.89. The zero-order chi connectivity index (χ0) is 14.3. The molecule has 0 rings (SSSR count). The van der Waals surface area contributed by atoms with Crippen LogP contribution < -0.4 is 0 Å². The highest BCUT2D eigenvalue weighted by atomic mass is 19.4. The molecule has 0 amide bonds. The van der Waals surface area contributed by atoms with Gasteiger partial charge in [-0.15, -0.1) is 4.39 Å². The predicted octanol–water partition coefficient (Wildman–Crippen LogP) is 4.00. The molecule has 0 radical (unpaired) electrons. The summed E-state index contributed by atoms with van der Waals surface area (Å²) in [6.07, 6.45) is -14.9. The third kappa shape index (κ3) is 2.63. The van der Waals surface area contributed by atoms with Gasteiger partial charge in [0.15, 0.2) is 0 Å². The maximum absolute atomic E-state index is 13.6. The van der Waals surface area contributed by atoms with Gasteiger partial charge in [-0.25, -0.2) is 9.18 Å². The largest absolute Gasteiger partial charge is 0.500 e. The van der Waals surface area contributed by atoms with Gasteiger partial charge in [0.25, 0.3) is 0 Å². The Hall–Kier alpha value is -1.02. The number of halogens is 7. The Morgan fingerprint density at radius 2 is 1.29 bits per heavy atom. The van der Waals surface area contributed by atoms with Crippen LogP contribution >= 0.6 is 0 Å². The molecule has 0 aliphatic rings. The summed E-state index contributed by atoms with van der Waals surface area (Å²) >= 11 is 0. The van der Waals surface area contributed by atoms with Gasteiger partial charge in [0.05, 0.1) is 0 Å². The molecular weight excluding hydrogens is 261 g/mol. The van der Waals surface area contributed by atoms with Crippen molar-refractivity contribution in [1.29, 1.82) is 0 Å². The monoisotopic (exact) mass is 270 g/mol. The number of hydrogen-bond acceptors (Lipinski definition) is 2. The highest BCUT2D eigenvalue weighted by molar-refractivity contribution is 5.58. The van der Waals surface area contributed by atoms with E-state index in [9.17, 15) is 35.5 Å². The van der Waals surface area contributed by atoms with Crippen LogP contribution in [0.25, 0.3) is 0 Å². The first kappa shape index (κ1) is 16.0. The number of alkyl halides is 6. The Morgan fingerprint density at radius 3 is 1.47 bits per heavy atom. The van der Waals surface area contributed by atoms with Crippen molar-refractivity contribution in [3.8, 4) is 0 Å². The molecule has 17 heavy (non-hydrogen) atoms. The van der Waals surface area contributed by atoms with Gasteiger partial charge < -0.3 is 4.74 Å². The van der Waals surface area contributed by atoms with E-state index in [1.165, 1.54) is 0 Å². The van der Waals surface area contributed by atoms with Crippen LogP contribution in [0.5, 0.6) is 0 Å². The topological polar surface area (TPSA) is 26.3 Å². The molecule has 0 heterocycles. The first-order valence-corrected chi connectivity index (χ1v) is 4.19.